The first kappa shape index (κ1) is 18.5. The first-order valence-electron chi connectivity index (χ1n) is 9.15. The highest BCUT2D eigenvalue weighted by Gasteiger charge is 2.43. The molecule has 0 bridgehead atoms. The van der Waals surface area contributed by atoms with Crippen molar-refractivity contribution in [3.63, 3.8) is 0 Å². The molecular weight excluding hydrogens is 330 g/mol. The van der Waals surface area contributed by atoms with Crippen molar-refractivity contribution in [1.82, 2.24) is 14.9 Å². The van der Waals surface area contributed by atoms with Crippen molar-refractivity contribution in [2.45, 2.75) is 32.7 Å². The lowest BCUT2D eigenvalue weighted by Gasteiger charge is -2.41. The summed E-state index contributed by atoms with van der Waals surface area (Å²) < 4.78 is 10.8. The van der Waals surface area contributed by atoms with Crippen LogP contribution in [-0.4, -0.2) is 47.6 Å². The molecule has 0 radical (unpaired) electrons. The molecule has 3 rings (SSSR count). The topological polar surface area (TPSA) is 67.5 Å². The minimum absolute atomic E-state index is 0.0999. The summed E-state index contributed by atoms with van der Waals surface area (Å²) in [6, 6.07) is 7.95. The molecule has 1 aliphatic rings. The molecule has 1 atom stereocenters. The van der Waals surface area contributed by atoms with Crippen molar-refractivity contribution in [3.8, 4) is 5.75 Å². The van der Waals surface area contributed by atoms with Crippen LogP contribution in [0.5, 0.6) is 5.75 Å². The van der Waals surface area contributed by atoms with E-state index in [0.29, 0.717) is 19.6 Å². The third kappa shape index (κ3) is 4.25. The van der Waals surface area contributed by atoms with Crippen molar-refractivity contribution in [2.75, 3.05) is 26.8 Å². The summed E-state index contributed by atoms with van der Waals surface area (Å²) in [7, 11) is 1.66. The molecule has 1 N–H and O–H groups in total. The quantitative estimate of drug-likeness (QED) is 0.772. The minimum Gasteiger partial charge on any atom is -0.497 e. The van der Waals surface area contributed by atoms with Gasteiger partial charge < -0.3 is 14.5 Å². The van der Waals surface area contributed by atoms with Crippen molar-refractivity contribution in [2.24, 2.45) is 5.41 Å². The number of aromatic nitrogens is 2. The molecule has 1 aromatic heterocycles. The lowest BCUT2D eigenvalue weighted by molar-refractivity contribution is -0.159. The van der Waals surface area contributed by atoms with Crippen LogP contribution in [-0.2, 0) is 22.5 Å². The number of H-pyrrole nitrogens is 1. The average molecular weight is 357 g/mol. The highest BCUT2D eigenvalue weighted by atomic mass is 16.5. The Hall–Kier alpha value is -2.34. The zero-order chi connectivity index (χ0) is 18.4. The smallest absolute Gasteiger partial charge is 0.313 e. The Morgan fingerprint density at radius 2 is 2.31 bits per heavy atom. The van der Waals surface area contributed by atoms with Gasteiger partial charge in [0.15, 0.2) is 0 Å². The van der Waals surface area contributed by atoms with Crippen molar-refractivity contribution >= 4 is 5.97 Å². The number of nitrogens with zero attached hydrogens (tertiary/aromatic N) is 2. The van der Waals surface area contributed by atoms with Crippen molar-refractivity contribution in [1.29, 1.82) is 0 Å². The fraction of sp³-hybridized carbons (Fsp3) is 0.500. The third-order valence-electron chi connectivity index (χ3n) is 4.99. The molecule has 6 nitrogen and oxygen atoms in total. The van der Waals surface area contributed by atoms with Crippen LogP contribution in [0.3, 0.4) is 0 Å². The molecule has 0 spiro atoms. The van der Waals surface area contributed by atoms with E-state index in [1.807, 2.05) is 31.3 Å². The van der Waals surface area contributed by atoms with E-state index >= 15 is 0 Å². The zero-order valence-corrected chi connectivity index (χ0v) is 15.5. The van der Waals surface area contributed by atoms with E-state index in [9.17, 15) is 4.79 Å². The Morgan fingerprint density at radius 1 is 1.42 bits per heavy atom. The SMILES string of the molecule is CCOC(=O)[C@]1(Cc2cccc(OC)c2)CCCN(Cc2cnc[nH]2)C1. The molecule has 1 aliphatic heterocycles. The standard InChI is InChI=1S/C20H27N3O3/c1-3-26-19(24)20(11-16-6-4-7-18(10-16)25-2)8-5-9-23(14-20)13-17-12-21-15-22-17/h4,6-7,10,12,15H,3,5,8-9,11,13-14H2,1-2H3,(H,21,22)/t20-/m0/s1. The number of hydrogen-bond acceptors (Lipinski definition) is 5. The van der Waals surface area contributed by atoms with Crippen LogP contribution in [0.4, 0.5) is 0 Å². The number of ether oxygens (including phenoxy) is 2. The summed E-state index contributed by atoms with van der Waals surface area (Å²) in [5.74, 6) is 0.712. The second kappa shape index (κ2) is 8.36. The number of hydrogen-bond donors (Lipinski definition) is 1. The number of likely N-dealkylation sites (tertiary alicyclic amines) is 1. The van der Waals surface area contributed by atoms with Crippen LogP contribution in [0, 0.1) is 5.41 Å². The predicted octanol–water partition coefficient (Wildman–Crippen LogP) is 2.81. The van der Waals surface area contributed by atoms with Gasteiger partial charge in [-0.15, -0.1) is 0 Å². The number of aromatic amines is 1. The third-order valence-corrected chi connectivity index (χ3v) is 4.99. The molecule has 0 amide bonds. The van der Waals surface area contributed by atoms with Crippen LogP contribution >= 0.6 is 0 Å². The molecule has 2 aromatic rings. The molecule has 0 aliphatic carbocycles. The molecule has 2 heterocycles. The predicted molar refractivity (Wildman–Crippen MR) is 98.9 cm³/mol. The van der Waals surface area contributed by atoms with Gasteiger partial charge in [0.25, 0.3) is 0 Å². The van der Waals surface area contributed by atoms with Crippen molar-refractivity contribution < 1.29 is 14.3 Å². The molecule has 26 heavy (non-hydrogen) atoms. The summed E-state index contributed by atoms with van der Waals surface area (Å²) in [6.07, 6.45) is 5.98. The number of piperidine rings is 1. The highest BCUT2D eigenvalue weighted by molar-refractivity contribution is 5.78. The van der Waals surface area contributed by atoms with Gasteiger partial charge >= 0.3 is 5.97 Å². The lowest BCUT2D eigenvalue weighted by Crippen LogP contribution is -2.49. The maximum Gasteiger partial charge on any atom is 0.313 e. The molecule has 0 unspecified atom stereocenters. The van der Waals surface area contributed by atoms with Crippen LogP contribution in [0.25, 0.3) is 0 Å². The second-order valence-electron chi connectivity index (χ2n) is 6.92. The molecule has 6 heteroatoms. The van der Waals surface area contributed by atoms with E-state index in [0.717, 1.165) is 42.9 Å². The number of benzene rings is 1. The molecule has 1 saturated heterocycles. The molecule has 1 aromatic carbocycles. The lowest BCUT2D eigenvalue weighted by atomic mass is 9.75. The van der Waals surface area contributed by atoms with E-state index in [1.165, 1.54) is 0 Å². The van der Waals surface area contributed by atoms with Gasteiger partial charge in [-0.25, -0.2) is 4.98 Å². The van der Waals surface area contributed by atoms with Gasteiger partial charge in [-0.2, -0.15) is 0 Å². The monoisotopic (exact) mass is 357 g/mol. The van der Waals surface area contributed by atoms with Gasteiger partial charge in [0.05, 0.1) is 25.5 Å². The Balaban J connectivity index is 1.81. The van der Waals surface area contributed by atoms with Crippen LogP contribution in [0.2, 0.25) is 0 Å². The van der Waals surface area contributed by atoms with Gasteiger partial charge in [0.2, 0.25) is 0 Å². The number of carbonyl (C=O) groups excluding carboxylic acids is 1. The fourth-order valence-electron chi connectivity index (χ4n) is 3.81. The van der Waals surface area contributed by atoms with Crippen LogP contribution < -0.4 is 4.74 Å². The number of nitrogens with one attached hydrogen (secondary N) is 1. The number of methoxy groups -OCH3 is 1. The Labute approximate surface area is 154 Å². The molecule has 0 saturated carbocycles. The summed E-state index contributed by atoms with van der Waals surface area (Å²) in [6.45, 7) is 4.68. The zero-order valence-electron chi connectivity index (χ0n) is 15.5. The minimum atomic E-state index is -0.527. The second-order valence-corrected chi connectivity index (χ2v) is 6.92. The summed E-state index contributed by atoms with van der Waals surface area (Å²) in [5, 5.41) is 0. The Kier molecular flexibility index (Phi) is 5.93. The fourth-order valence-corrected chi connectivity index (χ4v) is 3.81. The molecular formula is C20H27N3O3. The van der Waals surface area contributed by atoms with E-state index in [4.69, 9.17) is 9.47 Å². The normalized spacial score (nSPS) is 20.7. The van der Waals surface area contributed by atoms with E-state index in [-0.39, 0.29) is 5.97 Å². The van der Waals surface area contributed by atoms with Gasteiger partial charge in [0, 0.05) is 25.0 Å². The van der Waals surface area contributed by atoms with Gasteiger partial charge in [-0.05, 0) is 50.4 Å². The first-order chi connectivity index (χ1) is 12.6. The summed E-state index contributed by atoms with van der Waals surface area (Å²) in [4.78, 5) is 22.5. The number of imidazole rings is 1. The Morgan fingerprint density at radius 3 is 3.04 bits per heavy atom. The summed E-state index contributed by atoms with van der Waals surface area (Å²) >= 11 is 0. The summed E-state index contributed by atoms with van der Waals surface area (Å²) in [5.41, 5.74) is 1.63. The molecule has 140 valence electrons. The van der Waals surface area contributed by atoms with Crippen LogP contribution in [0.15, 0.2) is 36.8 Å². The van der Waals surface area contributed by atoms with E-state index in [1.54, 1.807) is 13.4 Å². The maximum absolute atomic E-state index is 12.9. The number of rotatable bonds is 7. The largest absolute Gasteiger partial charge is 0.497 e. The Bertz CT molecular complexity index is 717. The van der Waals surface area contributed by atoms with Gasteiger partial charge in [0.1, 0.15) is 5.75 Å². The van der Waals surface area contributed by atoms with Gasteiger partial charge in [-0.3, -0.25) is 9.69 Å². The number of esters is 1. The van der Waals surface area contributed by atoms with Crippen LogP contribution in [0.1, 0.15) is 31.0 Å². The van der Waals surface area contributed by atoms with E-state index < -0.39 is 5.41 Å². The van der Waals surface area contributed by atoms with E-state index in [2.05, 4.69) is 20.9 Å². The average Bonchev–Trinajstić information content (AvgIpc) is 3.15. The maximum atomic E-state index is 12.9. The van der Waals surface area contributed by atoms with Gasteiger partial charge in [-0.1, -0.05) is 12.1 Å². The highest BCUT2D eigenvalue weighted by Crippen LogP contribution is 2.36. The molecule has 1 fully saturated rings. The number of carbonyl (C=O) groups is 1. The van der Waals surface area contributed by atoms with Crippen molar-refractivity contribution in [3.05, 3.63) is 48.0 Å². The first-order valence-corrected chi connectivity index (χ1v) is 9.15.